The molecule has 0 aliphatic heterocycles. The van der Waals surface area contributed by atoms with E-state index >= 15 is 0 Å². The molecule has 0 radical (unpaired) electrons. The Morgan fingerprint density at radius 1 is 1.22 bits per heavy atom. The average molecular weight is 327 g/mol. The molecule has 2 rings (SSSR count). The molecule has 0 heterocycles. The fourth-order valence-corrected chi connectivity index (χ4v) is 2.31. The fourth-order valence-electron chi connectivity index (χ4n) is 1.80. The van der Waals surface area contributed by atoms with Crippen LogP contribution < -0.4 is 5.73 Å². The number of benzene rings is 2. The van der Waals surface area contributed by atoms with E-state index in [-0.39, 0.29) is 11.8 Å². The summed E-state index contributed by atoms with van der Waals surface area (Å²) in [7, 11) is 0. The van der Waals surface area contributed by atoms with Gasteiger partial charge in [-0.05, 0) is 57.7 Å². The van der Waals surface area contributed by atoms with Crippen molar-refractivity contribution in [3.8, 4) is 5.75 Å². The monoisotopic (exact) mass is 325 g/mol. The molecule has 0 aliphatic carbocycles. The molecule has 2 nitrogen and oxygen atoms in total. The second-order valence-corrected chi connectivity index (χ2v) is 5.42. The highest BCUT2D eigenvalue weighted by Crippen LogP contribution is 2.27. The molecule has 0 saturated carbocycles. The van der Waals surface area contributed by atoms with Crippen LogP contribution in [0.25, 0.3) is 0 Å². The second kappa shape index (κ2) is 5.74. The van der Waals surface area contributed by atoms with E-state index in [1.54, 1.807) is 12.1 Å². The van der Waals surface area contributed by atoms with Crippen molar-refractivity contribution >= 4 is 27.5 Å². The van der Waals surface area contributed by atoms with Crippen LogP contribution >= 0.6 is 27.5 Å². The number of nitrogens with two attached hydrogens (primary N) is 1. The maximum absolute atomic E-state index is 9.41. The molecule has 1 atom stereocenters. The van der Waals surface area contributed by atoms with Gasteiger partial charge in [0.25, 0.3) is 0 Å². The third-order valence-corrected chi connectivity index (χ3v) is 3.95. The normalized spacial score (nSPS) is 12.4. The Bertz CT molecular complexity index is 559. The first kappa shape index (κ1) is 13.4. The molecule has 4 heteroatoms. The summed E-state index contributed by atoms with van der Waals surface area (Å²) >= 11 is 9.33. The van der Waals surface area contributed by atoms with Crippen LogP contribution in [0.2, 0.25) is 5.02 Å². The van der Waals surface area contributed by atoms with Gasteiger partial charge in [-0.15, -0.1) is 0 Å². The van der Waals surface area contributed by atoms with Gasteiger partial charge in [0.1, 0.15) is 5.75 Å². The molecule has 0 saturated heterocycles. The summed E-state index contributed by atoms with van der Waals surface area (Å²) in [5.74, 6) is 0.261. The standard InChI is InChI=1S/C14H13BrClNO/c15-12-8-10(4-5-13(12)16)14(17)7-9-2-1-3-11(18)6-9/h1-6,8,14,18H,7,17H2. The molecular formula is C14H13BrClNO. The van der Waals surface area contributed by atoms with Gasteiger partial charge in [0.15, 0.2) is 0 Å². The minimum Gasteiger partial charge on any atom is -0.508 e. The lowest BCUT2D eigenvalue weighted by atomic mass is 10.00. The van der Waals surface area contributed by atoms with Crippen molar-refractivity contribution in [1.82, 2.24) is 0 Å². The molecular weight excluding hydrogens is 314 g/mol. The maximum Gasteiger partial charge on any atom is 0.115 e. The van der Waals surface area contributed by atoms with E-state index in [4.69, 9.17) is 17.3 Å². The van der Waals surface area contributed by atoms with E-state index in [9.17, 15) is 5.11 Å². The van der Waals surface area contributed by atoms with Crippen LogP contribution in [0.1, 0.15) is 17.2 Å². The van der Waals surface area contributed by atoms with Crippen LogP contribution in [0, 0.1) is 0 Å². The molecule has 94 valence electrons. The summed E-state index contributed by atoms with van der Waals surface area (Å²) in [5, 5.41) is 10.1. The number of hydrogen-bond donors (Lipinski definition) is 2. The van der Waals surface area contributed by atoms with Gasteiger partial charge in [0.2, 0.25) is 0 Å². The lowest BCUT2D eigenvalue weighted by molar-refractivity contribution is 0.474. The Morgan fingerprint density at radius 3 is 2.67 bits per heavy atom. The Balaban J connectivity index is 2.16. The molecule has 0 aliphatic rings. The predicted molar refractivity (Wildman–Crippen MR) is 77.9 cm³/mol. The van der Waals surface area contributed by atoms with Crippen LogP contribution in [-0.2, 0) is 6.42 Å². The van der Waals surface area contributed by atoms with Crippen LogP contribution in [0.5, 0.6) is 5.75 Å². The van der Waals surface area contributed by atoms with Gasteiger partial charge in [-0.1, -0.05) is 29.8 Å². The summed E-state index contributed by atoms with van der Waals surface area (Å²) in [6, 6.07) is 12.7. The first-order chi connectivity index (χ1) is 8.56. The quantitative estimate of drug-likeness (QED) is 0.894. The highest BCUT2D eigenvalue weighted by Gasteiger charge is 2.09. The van der Waals surface area contributed by atoms with Gasteiger partial charge in [-0.2, -0.15) is 0 Å². The molecule has 2 aromatic rings. The predicted octanol–water partition coefficient (Wildman–Crippen LogP) is 4.05. The first-order valence-electron chi connectivity index (χ1n) is 5.54. The Hall–Kier alpha value is -1.03. The van der Waals surface area contributed by atoms with E-state index in [1.807, 2.05) is 30.3 Å². The number of rotatable bonds is 3. The molecule has 0 aromatic heterocycles. The highest BCUT2D eigenvalue weighted by atomic mass is 79.9. The van der Waals surface area contributed by atoms with E-state index in [1.165, 1.54) is 0 Å². The second-order valence-electron chi connectivity index (χ2n) is 4.15. The number of hydrogen-bond acceptors (Lipinski definition) is 2. The third-order valence-electron chi connectivity index (χ3n) is 2.74. The van der Waals surface area contributed by atoms with Crippen molar-refractivity contribution in [2.24, 2.45) is 5.73 Å². The van der Waals surface area contributed by atoms with Gasteiger partial charge in [-0.3, -0.25) is 0 Å². The summed E-state index contributed by atoms with van der Waals surface area (Å²) in [6.45, 7) is 0. The van der Waals surface area contributed by atoms with Crippen molar-refractivity contribution in [1.29, 1.82) is 0 Å². The van der Waals surface area contributed by atoms with Crippen LogP contribution in [0.3, 0.4) is 0 Å². The number of aromatic hydroxyl groups is 1. The molecule has 1 unspecified atom stereocenters. The smallest absolute Gasteiger partial charge is 0.115 e. The van der Waals surface area contributed by atoms with E-state index in [2.05, 4.69) is 15.9 Å². The Kier molecular flexibility index (Phi) is 4.27. The van der Waals surface area contributed by atoms with Gasteiger partial charge in [-0.25, -0.2) is 0 Å². The molecule has 0 fully saturated rings. The van der Waals surface area contributed by atoms with Crippen molar-refractivity contribution in [2.75, 3.05) is 0 Å². The van der Waals surface area contributed by atoms with Crippen molar-refractivity contribution < 1.29 is 5.11 Å². The lowest BCUT2D eigenvalue weighted by Gasteiger charge is -2.13. The third kappa shape index (κ3) is 3.25. The topological polar surface area (TPSA) is 46.2 Å². The first-order valence-corrected chi connectivity index (χ1v) is 6.72. The SMILES string of the molecule is NC(Cc1cccc(O)c1)c1ccc(Cl)c(Br)c1. The van der Waals surface area contributed by atoms with Gasteiger partial charge >= 0.3 is 0 Å². The molecule has 2 aromatic carbocycles. The zero-order valence-corrected chi connectivity index (χ0v) is 11.9. The zero-order valence-electron chi connectivity index (χ0n) is 9.61. The minimum absolute atomic E-state index is 0.125. The van der Waals surface area contributed by atoms with E-state index < -0.39 is 0 Å². The highest BCUT2D eigenvalue weighted by molar-refractivity contribution is 9.10. The number of phenols is 1. The molecule has 0 spiro atoms. The number of halogens is 2. The van der Waals surface area contributed by atoms with Gasteiger partial charge < -0.3 is 10.8 Å². The number of phenolic OH excluding ortho intramolecular Hbond substituents is 1. The largest absolute Gasteiger partial charge is 0.508 e. The van der Waals surface area contributed by atoms with Crippen molar-refractivity contribution in [3.63, 3.8) is 0 Å². The fraction of sp³-hybridized carbons (Fsp3) is 0.143. The summed E-state index contributed by atoms with van der Waals surface area (Å²) in [5.41, 5.74) is 8.17. The van der Waals surface area contributed by atoms with Crippen LogP contribution in [0.4, 0.5) is 0 Å². The van der Waals surface area contributed by atoms with Gasteiger partial charge in [0, 0.05) is 10.5 Å². The lowest BCUT2D eigenvalue weighted by Crippen LogP contribution is -2.13. The Labute approximate surface area is 120 Å². The molecule has 0 amide bonds. The molecule has 0 bridgehead atoms. The van der Waals surface area contributed by atoms with Crippen molar-refractivity contribution in [3.05, 3.63) is 63.1 Å². The van der Waals surface area contributed by atoms with Gasteiger partial charge in [0.05, 0.1) is 5.02 Å². The van der Waals surface area contributed by atoms with Crippen LogP contribution in [-0.4, -0.2) is 5.11 Å². The Morgan fingerprint density at radius 2 is 2.00 bits per heavy atom. The molecule has 18 heavy (non-hydrogen) atoms. The minimum atomic E-state index is -0.125. The summed E-state index contributed by atoms with van der Waals surface area (Å²) in [6.07, 6.45) is 0.669. The zero-order chi connectivity index (χ0) is 13.1. The average Bonchev–Trinajstić information content (AvgIpc) is 2.32. The van der Waals surface area contributed by atoms with Crippen LogP contribution in [0.15, 0.2) is 46.9 Å². The van der Waals surface area contributed by atoms with Crippen molar-refractivity contribution in [2.45, 2.75) is 12.5 Å². The van der Waals surface area contributed by atoms with E-state index in [0.717, 1.165) is 15.6 Å². The molecule has 3 N–H and O–H groups in total. The summed E-state index contributed by atoms with van der Waals surface area (Å²) < 4.78 is 0.841. The van der Waals surface area contributed by atoms with E-state index in [0.29, 0.717) is 11.4 Å². The maximum atomic E-state index is 9.41. The summed E-state index contributed by atoms with van der Waals surface area (Å²) in [4.78, 5) is 0.